The van der Waals surface area contributed by atoms with Crippen molar-refractivity contribution in [2.24, 2.45) is 11.8 Å². The molecule has 94 valence electrons. The van der Waals surface area contributed by atoms with Gasteiger partial charge in [0.05, 0.1) is 0 Å². The second kappa shape index (κ2) is 8.61. The third-order valence-corrected chi connectivity index (χ3v) is 3.34. The number of allylic oxidation sites excluding steroid dienone is 2. The smallest absolute Gasteiger partial charge is 0.0292 e. The van der Waals surface area contributed by atoms with Crippen molar-refractivity contribution in [1.82, 2.24) is 0 Å². The maximum atomic E-state index is 4.07. The Balaban J connectivity index is 4.41. The van der Waals surface area contributed by atoms with E-state index < -0.39 is 0 Å². The zero-order valence-corrected chi connectivity index (χ0v) is 11.8. The zero-order chi connectivity index (χ0) is 12.6. The predicted octanol–water partition coefficient (Wildman–Crippen LogP) is 5.75. The Labute approximate surface area is 103 Å². The van der Waals surface area contributed by atoms with Crippen molar-refractivity contribution < 1.29 is 0 Å². The lowest BCUT2D eigenvalue weighted by atomic mass is 9.79. The highest BCUT2D eigenvalue weighted by atomic mass is 14.2. The molecule has 0 N–H and O–H groups in total. The van der Waals surface area contributed by atoms with Crippen LogP contribution in [0.2, 0.25) is 0 Å². The quantitative estimate of drug-likeness (QED) is 0.436. The van der Waals surface area contributed by atoms with Gasteiger partial charge in [-0.05, 0) is 38.5 Å². The zero-order valence-electron chi connectivity index (χ0n) is 11.8. The van der Waals surface area contributed by atoms with Crippen LogP contribution in [-0.4, -0.2) is 0 Å². The van der Waals surface area contributed by atoms with Crippen LogP contribution in [0, 0.1) is 11.8 Å². The maximum Gasteiger partial charge on any atom is -0.0292 e. The van der Waals surface area contributed by atoms with E-state index in [0.29, 0.717) is 0 Å². The van der Waals surface area contributed by atoms with Crippen LogP contribution in [0.1, 0.15) is 66.2 Å². The fourth-order valence-corrected chi connectivity index (χ4v) is 2.54. The summed E-state index contributed by atoms with van der Waals surface area (Å²) in [5.74, 6) is 1.62. The van der Waals surface area contributed by atoms with Crippen molar-refractivity contribution in [3.8, 4) is 0 Å². The molecule has 0 aliphatic heterocycles. The molecule has 0 heteroatoms. The molecule has 0 aromatic rings. The Hall–Kier alpha value is -0.520. The average molecular weight is 222 g/mol. The van der Waals surface area contributed by atoms with Gasteiger partial charge >= 0.3 is 0 Å². The van der Waals surface area contributed by atoms with Crippen molar-refractivity contribution in [1.29, 1.82) is 0 Å². The van der Waals surface area contributed by atoms with Crippen molar-refractivity contribution in [2.75, 3.05) is 0 Å². The summed E-state index contributed by atoms with van der Waals surface area (Å²) in [6, 6.07) is 0. The molecule has 16 heavy (non-hydrogen) atoms. The topological polar surface area (TPSA) is 0 Å². The minimum Gasteiger partial charge on any atom is -0.100 e. The van der Waals surface area contributed by atoms with Crippen molar-refractivity contribution in [3.05, 3.63) is 24.3 Å². The summed E-state index contributed by atoms with van der Waals surface area (Å²) in [5.41, 5.74) is 2.64. The van der Waals surface area contributed by atoms with Crippen molar-refractivity contribution in [3.63, 3.8) is 0 Å². The standard InChI is InChI=1S/C16H30/c1-7-9-10-15(8-2)16(11-13(3)4)12-14(5)6/h15-16H,3,5,7-12H2,1-2,4,6H3. The molecule has 0 saturated heterocycles. The molecule has 0 bridgehead atoms. The molecular formula is C16H30. The molecule has 0 aromatic heterocycles. The van der Waals surface area contributed by atoms with E-state index in [1.807, 2.05) is 0 Å². The lowest BCUT2D eigenvalue weighted by Crippen LogP contribution is -2.15. The molecule has 0 spiro atoms. The van der Waals surface area contributed by atoms with Gasteiger partial charge < -0.3 is 0 Å². The van der Waals surface area contributed by atoms with Crippen LogP contribution in [0.5, 0.6) is 0 Å². The van der Waals surface area contributed by atoms with E-state index in [-0.39, 0.29) is 0 Å². The number of rotatable bonds is 9. The van der Waals surface area contributed by atoms with E-state index in [1.165, 1.54) is 49.7 Å². The first-order valence-corrected chi connectivity index (χ1v) is 6.79. The number of hydrogen-bond acceptors (Lipinski definition) is 0. The summed E-state index contributed by atoms with van der Waals surface area (Å²) in [7, 11) is 0. The number of hydrogen-bond donors (Lipinski definition) is 0. The van der Waals surface area contributed by atoms with Crippen LogP contribution in [0.25, 0.3) is 0 Å². The Morgan fingerprint density at radius 3 is 1.75 bits per heavy atom. The fraction of sp³-hybridized carbons (Fsp3) is 0.750. The highest BCUT2D eigenvalue weighted by Gasteiger charge is 2.19. The van der Waals surface area contributed by atoms with E-state index >= 15 is 0 Å². The van der Waals surface area contributed by atoms with Gasteiger partial charge in [0.15, 0.2) is 0 Å². The van der Waals surface area contributed by atoms with Crippen molar-refractivity contribution in [2.45, 2.75) is 66.2 Å². The van der Waals surface area contributed by atoms with Crippen LogP contribution >= 0.6 is 0 Å². The monoisotopic (exact) mass is 222 g/mol. The van der Waals surface area contributed by atoms with Crippen LogP contribution in [0.4, 0.5) is 0 Å². The molecule has 0 fully saturated rings. The van der Waals surface area contributed by atoms with Gasteiger partial charge in [-0.2, -0.15) is 0 Å². The SMILES string of the molecule is C=C(C)CC(CC(=C)C)C(CC)CCCC. The minimum atomic E-state index is 0.770. The van der Waals surface area contributed by atoms with E-state index in [2.05, 4.69) is 40.9 Å². The molecular weight excluding hydrogens is 192 g/mol. The minimum absolute atomic E-state index is 0.770. The summed E-state index contributed by atoms with van der Waals surface area (Å²) in [4.78, 5) is 0. The van der Waals surface area contributed by atoms with E-state index in [9.17, 15) is 0 Å². The van der Waals surface area contributed by atoms with Gasteiger partial charge in [0, 0.05) is 0 Å². The lowest BCUT2D eigenvalue weighted by molar-refractivity contribution is 0.291. The van der Waals surface area contributed by atoms with Gasteiger partial charge in [0.25, 0.3) is 0 Å². The van der Waals surface area contributed by atoms with Crippen LogP contribution in [-0.2, 0) is 0 Å². The molecule has 0 aliphatic rings. The van der Waals surface area contributed by atoms with Gasteiger partial charge in [0.2, 0.25) is 0 Å². The Bertz CT molecular complexity index is 196. The van der Waals surface area contributed by atoms with Crippen LogP contribution in [0.15, 0.2) is 24.3 Å². The van der Waals surface area contributed by atoms with Gasteiger partial charge in [0.1, 0.15) is 0 Å². The molecule has 0 amide bonds. The lowest BCUT2D eigenvalue weighted by Gasteiger charge is -2.27. The van der Waals surface area contributed by atoms with Crippen LogP contribution < -0.4 is 0 Å². The van der Waals surface area contributed by atoms with Crippen LogP contribution in [0.3, 0.4) is 0 Å². The maximum absolute atomic E-state index is 4.07. The van der Waals surface area contributed by atoms with Gasteiger partial charge in [-0.15, -0.1) is 13.2 Å². The molecule has 0 saturated carbocycles. The summed E-state index contributed by atoms with van der Waals surface area (Å²) >= 11 is 0. The Kier molecular flexibility index (Phi) is 8.33. The van der Waals surface area contributed by atoms with Crippen molar-refractivity contribution >= 4 is 0 Å². The summed E-state index contributed by atoms with van der Waals surface area (Å²) < 4.78 is 0. The molecule has 0 aliphatic carbocycles. The Morgan fingerprint density at radius 2 is 1.44 bits per heavy atom. The first kappa shape index (κ1) is 15.5. The molecule has 0 nitrogen and oxygen atoms in total. The Morgan fingerprint density at radius 1 is 0.938 bits per heavy atom. The largest absolute Gasteiger partial charge is 0.100 e. The van der Waals surface area contributed by atoms with E-state index in [0.717, 1.165) is 11.8 Å². The average Bonchev–Trinajstić information content (AvgIpc) is 2.16. The summed E-state index contributed by atoms with van der Waals surface area (Å²) in [6.07, 6.45) is 7.69. The normalized spacial score (nSPS) is 12.8. The first-order chi connectivity index (χ1) is 7.51. The molecule has 0 heterocycles. The van der Waals surface area contributed by atoms with Gasteiger partial charge in [-0.3, -0.25) is 0 Å². The van der Waals surface area contributed by atoms with E-state index in [4.69, 9.17) is 0 Å². The predicted molar refractivity (Wildman–Crippen MR) is 75.7 cm³/mol. The van der Waals surface area contributed by atoms with Gasteiger partial charge in [-0.25, -0.2) is 0 Å². The molecule has 0 radical (unpaired) electrons. The molecule has 0 aromatic carbocycles. The molecule has 1 atom stereocenters. The third kappa shape index (κ3) is 6.87. The highest BCUT2D eigenvalue weighted by molar-refractivity contribution is 4.98. The molecule has 1 unspecified atom stereocenters. The first-order valence-electron chi connectivity index (χ1n) is 6.79. The second-order valence-corrected chi connectivity index (χ2v) is 5.39. The number of unbranched alkanes of at least 4 members (excludes halogenated alkanes) is 1. The second-order valence-electron chi connectivity index (χ2n) is 5.39. The third-order valence-electron chi connectivity index (χ3n) is 3.34. The fourth-order valence-electron chi connectivity index (χ4n) is 2.54. The summed E-state index contributed by atoms with van der Waals surface area (Å²) in [6.45, 7) is 17.0. The summed E-state index contributed by atoms with van der Waals surface area (Å²) in [5, 5.41) is 0. The van der Waals surface area contributed by atoms with E-state index in [1.54, 1.807) is 0 Å². The van der Waals surface area contributed by atoms with Gasteiger partial charge in [-0.1, -0.05) is 50.7 Å². The molecule has 0 rings (SSSR count). The highest BCUT2D eigenvalue weighted by Crippen LogP contribution is 2.31.